The Bertz CT molecular complexity index is 570. The second-order valence-electron chi connectivity index (χ2n) is 5.01. The third kappa shape index (κ3) is 3.74. The Morgan fingerprint density at radius 1 is 1.05 bits per heavy atom. The molecule has 0 aliphatic rings. The minimum atomic E-state index is -1.28. The highest BCUT2D eigenvalue weighted by molar-refractivity contribution is 8.00. The van der Waals surface area contributed by atoms with E-state index >= 15 is 0 Å². The van der Waals surface area contributed by atoms with Crippen molar-refractivity contribution in [1.82, 2.24) is 0 Å². The normalized spacial score (nSPS) is 11.6. The minimum Gasteiger partial charge on any atom is -0.507 e. The molecular formula is C16H17FOS. The van der Waals surface area contributed by atoms with Crippen LogP contribution in [-0.2, 0) is 0 Å². The van der Waals surface area contributed by atoms with E-state index in [-0.39, 0.29) is 5.75 Å². The average Bonchev–Trinajstić information content (AvgIpc) is 2.31. The van der Waals surface area contributed by atoms with Crippen LogP contribution in [0.25, 0.3) is 11.1 Å². The topological polar surface area (TPSA) is 20.2 Å². The highest BCUT2D eigenvalue weighted by atomic mass is 32.2. The number of halogens is 1. The molecule has 0 aliphatic carbocycles. The van der Waals surface area contributed by atoms with Crippen LogP contribution in [0.1, 0.15) is 19.4 Å². The molecule has 0 unspecified atom stereocenters. The van der Waals surface area contributed by atoms with Gasteiger partial charge in [0.15, 0.2) is 5.00 Å². The maximum Gasteiger partial charge on any atom is 0.155 e. The van der Waals surface area contributed by atoms with Crippen molar-refractivity contribution >= 4 is 11.8 Å². The molecule has 0 radical (unpaired) electrons. The first-order valence-corrected chi connectivity index (χ1v) is 6.95. The quantitative estimate of drug-likeness (QED) is 0.781. The fourth-order valence-electron chi connectivity index (χ4n) is 1.86. The number of phenolic OH excluding ortho intramolecular Hbond substituents is 1. The van der Waals surface area contributed by atoms with Crippen LogP contribution in [0.15, 0.2) is 47.4 Å². The standard InChI is InChI=1S/C16H17FOS/c1-11-4-9-15(18)14(10-11)12-5-7-13(8-6-12)19-16(2,3)17/h4-10,18H,1-3H3. The Labute approximate surface area is 117 Å². The summed E-state index contributed by atoms with van der Waals surface area (Å²) in [6.07, 6.45) is 0. The van der Waals surface area contributed by atoms with E-state index in [0.717, 1.165) is 21.6 Å². The van der Waals surface area contributed by atoms with Crippen LogP contribution in [-0.4, -0.2) is 10.1 Å². The molecule has 1 nitrogen and oxygen atoms in total. The van der Waals surface area contributed by atoms with Crippen molar-refractivity contribution in [3.8, 4) is 16.9 Å². The average molecular weight is 276 g/mol. The molecule has 0 aliphatic heterocycles. The molecule has 19 heavy (non-hydrogen) atoms. The lowest BCUT2D eigenvalue weighted by atomic mass is 10.0. The summed E-state index contributed by atoms with van der Waals surface area (Å²) >= 11 is 1.18. The van der Waals surface area contributed by atoms with Crippen LogP contribution in [0.3, 0.4) is 0 Å². The van der Waals surface area contributed by atoms with Crippen molar-refractivity contribution in [3.05, 3.63) is 48.0 Å². The van der Waals surface area contributed by atoms with Crippen LogP contribution < -0.4 is 0 Å². The van der Waals surface area contributed by atoms with Crippen LogP contribution in [0, 0.1) is 6.92 Å². The maximum absolute atomic E-state index is 13.5. The molecule has 1 N–H and O–H groups in total. The molecule has 2 rings (SSSR count). The number of phenols is 1. The van der Waals surface area contributed by atoms with E-state index in [1.807, 2.05) is 43.3 Å². The van der Waals surface area contributed by atoms with Gasteiger partial charge in [0.1, 0.15) is 5.75 Å². The number of alkyl halides is 1. The molecule has 0 fully saturated rings. The Balaban J connectivity index is 2.30. The first-order valence-electron chi connectivity index (χ1n) is 6.13. The van der Waals surface area contributed by atoms with E-state index < -0.39 is 5.00 Å². The van der Waals surface area contributed by atoms with Gasteiger partial charge in [-0.25, -0.2) is 4.39 Å². The molecule has 0 heterocycles. The highest BCUT2D eigenvalue weighted by Gasteiger charge is 2.17. The van der Waals surface area contributed by atoms with Crippen molar-refractivity contribution < 1.29 is 9.50 Å². The number of hydrogen-bond acceptors (Lipinski definition) is 2. The van der Waals surface area contributed by atoms with Crippen LogP contribution in [0.5, 0.6) is 5.75 Å². The van der Waals surface area contributed by atoms with Gasteiger partial charge in [-0.05, 0) is 50.6 Å². The predicted octanol–water partition coefficient (Wildman–Crippen LogP) is 5.17. The van der Waals surface area contributed by atoms with E-state index in [4.69, 9.17) is 0 Å². The van der Waals surface area contributed by atoms with Gasteiger partial charge < -0.3 is 5.11 Å². The zero-order valence-corrected chi connectivity index (χ0v) is 12.1. The summed E-state index contributed by atoms with van der Waals surface area (Å²) in [5.74, 6) is 0.261. The molecule has 0 aromatic heterocycles. The van der Waals surface area contributed by atoms with E-state index in [0.29, 0.717) is 0 Å². The predicted molar refractivity (Wildman–Crippen MR) is 79.3 cm³/mol. The van der Waals surface area contributed by atoms with Crippen molar-refractivity contribution in [2.24, 2.45) is 0 Å². The molecule has 2 aromatic carbocycles. The lowest BCUT2D eigenvalue weighted by Gasteiger charge is -2.13. The van der Waals surface area contributed by atoms with E-state index in [1.165, 1.54) is 25.6 Å². The van der Waals surface area contributed by atoms with Gasteiger partial charge in [-0.2, -0.15) is 0 Å². The number of benzene rings is 2. The van der Waals surface area contributed by atoms with Gasteiger partial charge in [-0.3, -0.25) is 0 Å². The van der Waals surface area contributed by atoms with Gasteiger partial charge in [-0.1, -0.05) is 35.5 Å². The monoisotopic (exact) mass is 276 g/mol. The summed E-state index contributed by atoms with van der Waals surface area (Å²) in [4.78, 5) is 0.878. The Kier molecular flexibility index (Phi) is 3.85. The summed E-state index contributed by atoms with van der Waals surface area (Å²) in [6, 6.07) is 13.1. The van der Waals surface area contributed by atoms with Gasteiger partial charge in [-0.15, -0.1) is 0 Å². The Morgan fingerprint density at radius 2 is 1.68 bits per heavy atom. The third-order valence-electron chi connectivity index (χ3n) is 2.68. The van der Waals surface area contributed by atoms with E-state index in [1.54, 1.807) is 6.07 Å². The molecule has 2 aromatic rings. The summed E-state index contributed by atoms with van der Waals surface area (Å²) < 4.78 is 13.5. The second-order valence-corrected chi connectivity index (χ2v) is 6.66. The van der Waals surface area contributed by atoms with Crippen LogP contribution in [0.4, 0.5) is 4.39 Å². The fraction of sp³-hybridized carbons (Fsp3) is 0.250. The first-order chi connectivity index (χ1) is 8.85. The van der Waals surface area contributed by atoms with Gasteiger partial charge >= 0.3 is 0 Å². The molecule has 0 atom stereocenters. The van der Waals surface area contributed by atoms with Gasteiger partial charge in [0.25, 0.3) is 0 Å². The second kappa shape index (κ2) is 5.25. The van der Waals surface area contributed by atoms with E-state index in [9.17, 15) is 9.50 Å². The molecule has 0 amide bonds. The van der Waals surface area contributed by atoms with Crippen molar-refractivity contribution in [1.29, 1.82) is 0 Å². The first kappa shape index (κ1) is 13.9. The van der Waals surface area contributed by atoms with Crippen molar-refractivity contribution in [3.63, 3.8) is 0 Å². The number of rotatable bonds is 3. The summed E-state index contributed by atoms with van der Waals surface area (Å²) in [7, 11) is 0. The largest absolute Gasteiger partial charge is 0.507 e. The molecule has 0 bridgehead atoms. The summed E-state index contributed by atoms with van der Waals surface area (Å²) in [5, 5.41) is 8.59. The fourth-order valence-corrected chi connectivity index (χ4v) is 2.70. The number of hydrogen-bond donors (Lipinski definition) is 1. The number of thioether (sulfide) groups is 1. The molecule has 100 valence electrons. The Morgan fingerprint density at radius 3 is 2.26 bits per heavy atom. The SMILES string of the molecule is Cc1ccc(O)c(-c2ccc(SC(C)(C)F)cc2)c1. The van der Waals surface area contributed by atoms with E-state index in [2.05, 4.69) is 0 Å². The lowest BCUT2D eigenvalue weighted by Crippen LogP contribution is -2.03. The lowest BCUT2D eigenvalue weighted by molar-refractivity contribution is 0.346. The van der Waals surface area contributed by atoms with Gasteiger partial charge in [0.05, 0.1) is 0 Å². The van der Waals surface area contributed by atoms with Crippen LogP contribution in [0.2, 0.25) is 0 Å². The van der Waals surface area contributed by atoms with Gasteiger partial charge in [0.2, 0.25) is 0 Å². The highest BCUT2D eigenvalue weighted by Crippen LogP contribution is 2.36. The molecule has 3 heteroatoms. The minimum absolute atomic E-state index is 0.261. The zero-order chi connectivity index (χ0) is 14.0. The Hall–Kier alpha value is -1.48. The molecule has 0 spiro atoms. The van der Waals surface area contributed by atoms with Gasteiger partial charge in [0, 0.05) is 10.5 Å². The number of aryl methyl sites for hydroxylation is 1. The number of aromatic hydroxyl groups is 1. The van der Waals surface area contributed by atoms with Crippen molar-refractivity contribution in [2.45, 2.75) is 30.7 Å². The zero-order valence-electron chi connectivity index (χ0n) is 11.3. The summed E-state index contributed by atoms with van der Waals surface area (Å²) in [5.41, 5.74) is 2.83. The smallest absolute Gasteiger partial charge is 0.155 e. The summed E-state index contributed by atoms with van der Waals surface area (Å²) in [6.45, 7) is 5.06. The van der Waals surface area contributed by atoms with Crippen LogP contribution >= 0.6 is 11.8 Å². The maximum atomic E-state index is 13.5. The molecule has 0 saturated carbocycles. The molecular weight excluding hydrogens is 259 g/mol. The van der Waals surface area contributed by atoms with Crippen molar-refractivity contribution in [2.75, 3.05) is 0 Å². The third-order valence-corrected chi connectivity index (χ3v) is 3.67. The molecule has 0 saturated heterocycles.